The van der Waals surface area contributed by atoms with Crippen molar-refractivity contribution in [1.82, 2.24) is 0 Å². The zero-order chi connectivity index (χ0) is 10.1. The molecule has 14 heavy (non-hydrogen) atoms. The van der Waals surface area contributed by atoms with Gasteiger partial charge in [-0.25, -0.2) is 0 Å². The van der Waals surface area contributed by atoms with Gasteiger partial charge in [-0.1, -0.05) is 32.0 Å². The predicted octanol–water partition coefficient (Wildman–Crippen LogP) is 2.35. The molecule has 1 heterocycles. The van der Waals surface area contributed by atoms with Crippen LogP contribution in [0.1, 0.15) is 25.5 Å². The van der Waals surface area contributed by atoms with Crippen molar-refractivity contribution in [3.05, 3.63) is 29.8 Å². The van der Waals surface area contributed by atoms with Gasteiger partial charge in [-0.2, -0.15) is 0 Å². The van der Waals surface area contributed by atoms with Crippen LogP contribution in [0.2, 0.25) is 0 Å². The maximum atomic E-state index is 6.21. The van der Waals surface area contributed by atoms with E-state index >= 15 is 0 Å². The first kappa shape index (κ1) is 9.53. The van der Waals surface area contributed by atoms with Crippen LogP contribution in [0, 0.1) is 11.8 Å². The Balaban J connectivity index is 2.31. The van der Waals surface area contributed by atoms with Crippen molar-refractivity contribution < 1.29 is 4.74 Å². The summed E-state index contributed by atoms with van der Waals surface area (Å²) >= 11 is 0. The zero-order valence-electron chi connectivity index (χ0n) is 8.73. The number of fused-ring (bicyclic) bond motifs is 1. The van der Waals surface area contributed by atoms with E-state index in [4.69, 9.17) is 10.5 Å². The van der Waals surface area contributed by atoms with Crippen LogP contribution in [-0.4, -0.2) is 6.61 Å². The first-order valence-electron chi connectivity index (χ1n) is 5.17. The summed E-state index contributed by atoms with van der Waals surface area (Å²) in [7, 11) is 0. The Labute approximate surface area is 85.1 Å². The minimum Gasteiger partial charge on any atom is -0.493 e. The molecule has 1 aromatic carbocycles. The SMILES string of the molecule is CC(C)C1COc2ccccc2C1N. The summed E-state index contributed by atoms with van der Waals surface area (Å²) < 4.78 is 5.69. The molecule has 0 bridgehead atoms. The van der Waals surface area contributed by atoms with Gasteiger partial charge in [-0.05, 0) is 12.0 Å². The third-order valence-corrected chi connectivity index (χ3v) is 3.03. The van der Waals surface area contributed by atoms with E-state index in [1.165, 1.54) is 0 Å². The van der Waals surface area contributed by atoms with Gasteiger partial charge in [0.25, 0.3) is 0 Å². The van der Waals surface area contributed by atoms with Crippen molar-refractivity contribution in [3.63, 3.8) is 0 Å². The smallest absolute Gasteiger partial charge is 0.124 e. The molecule has 0 spiro atoms. The molecular formula is C12H17NO. The Hall–Kier alpha value is -1.02. The highest BCUT2D eigenvalue weighted by molar-refractivity contribution is 5.37. The topological polar surface area (TPSA) is 35.2 Å². The molecule has 0 radical (unpaired) electrons. The highest BCUT2D eigenvalue weighted by atomic mass is 16.5. The van der Waals surface area contributed by atoms with Crippen LogP contribution in [0.25, 0.3) is 0 Å². The molecule has 1 aromatic rings. The Morgan fingerprint density at radius 3 is 2.79 bits per heavy atom. The normalized spacial score (nSPS) is 25.7. The second-order valence-corrected chi connectivity index (χ2v) is 4.28. The lowest BCUT2D eigenvalue weighted by Gasteiger charge is -2.33. The Morgan fingerprint density at radius 1 is 1.36 bits per heavy atom. The van der Waals surface area contributed by atoms with Crippen LogP contribution >= 0.6 is 0 Å². The van der Waals surface area contributed by atoms with Crippen molar-refractivity contribution in [3.8, 4) is 5.75 Å². The molecule has 76 valence electrons. The molecule has 0 amide bonds. The van der Waals surface area contributed by atoms with Gasteiger partial charge in [0, 0.05) is 17.5 Å². The monoisotopic (exact) mass is 191 g/mol. The molecule has 2 atom stereocenters. The molecule has 0 saturated heterocycles. The second kappa shape index (κ2) is 3.62. The van der Waals surface area contributed by atoms with E-state index in [1.807, 2.05) is 18.2 Å². The molecule has 1 aliphatic heterocycles. The van der Waals surface area contributed by atoms with Crippen molar-refractivity contribution in [1.29, 1.82) is 0 Å². The fraction of sp³-hybridized carbons (Fsp3) is 0.500. The summed E-state index contributed by atoms with van der Waals surface area (Å²) in [6.45, 7) is 5.14. The van der Waals surface area contributed by atoms with Gasteiger partial charge < -0.3 is 10.5 Å². The molecule has 2 nitrogen and oxygen atoms in total. The molecule has 2 rings (SSSR count). The number of nitrogens with two attached hydrogens (primary N) is 1. The quantitative estimate of drug-likeness (QED) is 0.739. The lowest BCUT2D eigenvalue weighted by atomic mass is 9.84. The standard InChI is InChI=1S/C12H17NO/c1-8(2)10-7-14-11-6-4-3-5-9(11)12(10)13/h3-6,8,10,12H,7,13H2,1-2H3. The molecule has 2 N–H and O–H groups in total. The largest absolute Gasteiger partial charge is 0.493 e. The third-order valence-electron chi connectivity index (χ3n) is 3.03. The summed E-state index contributed by atoms with van der Waals surface area (Å²) in [6, 6.07) is 8.19. The van der Waals surface area contributed by atoms with Gasteiger partial charge in [0.1, 0.15) is 5.75 Å². The number of benzene rings is 1. The summed E-state index contributed by atoms with van der Waals surface area (Å²) in [6.07, 6.45) is 0. The van der Waals surface area contributed by atoms with E-state index in [2.05, 4.69) is 19.9 Å². The summed E-state index contributed by atoms with van der Waals surface area (Å²) in [4.78, 5) is 0. The number of hydrogen-bond donors (Lipinski definition) is 1. The number of rotatable bonds is 1. The molecule has 0 saturated carbocycles. The second-order valence-electron chi connectivity index (χ2n) is 4.28. The highest BCUT2D eigenvalue weighted by Gasteiger charge is 2.29. The van der Waals surface area contributed by atoms with Crippen LogP contribution in [-0.2, 0) is 0 Å². The average molecular weight is 191 g/mol. The minimum absolute atomic E-state index is 0.125. The molecule has 0 aromatic heterocycles. The molecule has 0 aliphatic carbocycles. The van der Waals surface area contributed by atoms with E-state index in [0.717, 1.165) is 17.9 Å². The van der Waals surface area contributed by atoms with Crippen molar-refractivity contribution >= 4 is 0 Å². The summed E-state index contributed by atoms with van der Waals surface area (Å²) in [5.74, 6) is 1.96. The first-order valence-corrected chi connectivity index (χ1v) is 5.17. The molecular weight excluding hydrogens is 174 g/mol. The zero-order valence-corrected chi connectivity index (χ0v) is 8.73. The predicted molar refractivity (Wildman–Crippen MR) is 57.2 cm³/mol. The van der Waals surface area contributed by atoms with Crippen molar-refractivity contribution in [2.45, 2.75) is 19.9 Å². The average Bonchev–Trinajstić information content (AvgIpc) is 2.18. The Bertz CT molecular complexity index is 322. The van der Waals surface area contributed by atoms with E-state index in [9.17, 15) is 0 Å². The third kappa shape index (κ3) is 1.50. The van der Waals surface area contributed by atoms with E-state index in [1.54, 1.807) is 0 Å². The van der Waals surface area contributed by atoms with Gasteiger partial charge >= 0.3 is 0 Å². The number of para-hydroxylation sites is 1. The molecule has 1 aliphatic rings. The van der Waals surface area contributed by atoms with Gasteiger partial charge in [0.2, 0.25) is 0 Å². The van der Waals surface area contributed by atoms with Gasteiger partial charge in [0.15, 0.2) is 0 Å². The van der Waals surface area contributed by atoms with Gasteiger partial charge in [0.05, 0.1) is 6.61 Å². The van der Waals surface area contributed by atoms with Crippen LogP contribution in [0.15, 0.2) is 24.3 Å². The van der Waals surface area contributed by atoms with Crippen LogP contribution in [0.5, 0.6) is 5.75 Å². The Morgan fingerprint density at radius 2 is 2.07 bits per heavy atom. The first-order chi connectivity index (χ1) is 6.70. The van der Waals surface area contributed by atoms with Gasteiger partial charge in [-0.3, -0.25) is 0 Å². The summed E-state index contributed by atoms with van der Waals surface area (Å²) in [5.41, 5.74) is 7.36. The molecule has 2 unspecified atom stereocenters. The van der Waals surface area contributed by atoms with Crippen LogP contribution < -0.4 is 10.5 Å². The van der Waals surface area contributed by atoms with E-state index in [0.29, 0.717) is 11.8 Å². The maximum Gasteiger partial charge on any atom is 0.124 e. The lowest BCUT2D eigenvalue weighted by molar-refractivity contribution is 0.156. The van der Waals surface area contributed by atoms with E-state index in [-0.39, 0.29) is 6.04 Å². The fourth-order valence-electron chi connectivity index (χ4n) is 2.01. The minimum atomic E-state index is 0.125. The van der Waals surface area contributed by atoms with Crippen LogP contribution in [0.3, 0.4) is 0 Å². The number of ether oxygens (including phenoxy) is 1. The molecule has 2 heteroatoms. The summed E-state index contributed by atoms with van der Waals surface area (Å²) in [5, 5.41) is 0. The van der Waals surface area contributed by atoms with Crippen molar-refractivity contribution in [2.24, 2.45) is 17.6 Å². The maximum absolute atomic E-state index is 6.21. The van der Waals surface area contributed by atoms with E-state index < -0.39 is 0 Å². The van der Waals surface area contributed by atoms with Crippen LogP contribution in [0.4, 0.5) is 0 Å². The molecule has 0 fully saturated rings. The van der Waals surface area contributed by atoms with Gasteiger partial charge in [-0.15, -0.1) is 0 Å². The fourth-order valence-corrected chi connectivity index (χ4v) is 2.01. The Kier molecular flexibility index (Phi) is 2.46. The highest BCUT2D eigenvalue weighted by Crippen LogP contribution is 2.36. The van der Waals surface area contributed by atoms with Crippen molar-refractivity contribution in [2.75, 3.05) is 6.61 Å². The lowest BCUT2D eigenvalue weighted by Crippen LogP contribution is -2.34. The number of hydrogen-bond acceptors (Lipinski definition) is 2.